The average molecular weight is 376 g/mol. The van der Waals surface area contributed by atoms with Crippen LogP contribution in [0, 0.1) is 13.8 Å². The zero-order valence-electron chi connectivity index (χ0n) is 16.3. The van der Waals surface area contributed by atoms with E-state index in [-0.39, 0.29) is 11.8 Å². The van der Waals surface area contributed by atoms with Gasteiger partial charge in [0.05, 0.1) is 12.7 Å². The Kier molecular flexibility index (Phi) is 5.94. The van der Waals surface area contributed by atoms with Crippen molar-refractivity contribution in [2.24, 2.45) is 0 Å². The second kappa shape index (κ2) is 8.57. The van der Waals surface area contributed by atoms with Crippen molar-refractivity contribution >= 4 is 11.9 Å². The molecule has 1 aromatic heterocycles. The summed E-state index contributed by atoms with van der Waals surface area (Å²) in [6, 6.07) is 20.2. The highest BCUT2D eigenvalue weighted by atomic mass is 16.5. The van der Waals surface area contributed by atoms with Gasteiger partial charge in [-0.25, -0.2) is 4.79 Å². The molecule has 144 valence electrons. The van der Waals surface area contributed by atoms with Gasteiger partial charge in [-0.05, 0) is 30.5 Å². The number of ether oxygens (including phenoxy) is 1. The number of amides is 1. The van der Waals surface area contributed by atoms with Crippen molar-refractivity contribution in [2.75, 3.05) is 13.7 Å². The number of hydrogen-bond acceptors (Lipinski definition) is 3. The molecule has 2 aromatic carbocycles. The molecule has 0 aliphatic carbocycles. The zero-order valence-corrected chi connectivity index (χ0v) is 16.3. The zero-order chi connectivity index (χ0) is 20.1. The number of carbonyl (C=O) groups is 2. The highest BCUT2D eigenvalue weighted by molar-refractivity contribution is 6.00. The highest BCUT2D eigenvalue weighted by Gasteiger charge is 2.23. The quantitative estimate of drug-likeness (QED) is 0.639. The summed E-state index contributed by atoms with van der Waals surface area (Å²) in [5.41, 5.74) is 4.27. The van der Waals surface area contributed by atoms with Crippen molar-refractivity contribution in [3.05, 3.63) is 94.3 Å². The molecule has 3 aromatic rings. The number of carbonyl (C=O) groups excluding carboxylic acids is 2. The Bertz CT molecular complexity index is 923. The normalized spacial score (nSPS) is 10.7. The number of methoxy groups -OCH3 is 1. The predicted molar refractivity (Wildman–Crippen MR) is 109 cm³/mol. The van der Waals surface area contributed by atoms with Gasteiger partial charge in [-0.15, -0.1) is 0 Å². The summed E-state index contributed by atoms with van der Waals surface area (Å²) in [7, 11) is 1.33. The van der Waals surface area contributed by atoms with E-state index in [4.69, 9.17) is 4.74 Å². The molecule has 0 aliphatic heterocycles. The van der Waals surface area contributed by atoms with Gasteiger partial charge < -0.3 is 15.0 Å². The van der Waals surface area contributed by atoms with Crippen molar-refractivity contribution in [1.29, 1.82) is 0 Å². The van der Waals surface area contributed by atoms with Crippen LogP contribution in [0.15, 0.2) is 60.7 Å². The number of nitrogens with one attached hydrogen (secondary N) is 2. The number of benzene rings is 2. The van der Waals surface area contributed by atoms with Crippen molar-refractivity contribution in [1.82, 2.24) is 10.3 Å². The molecule has 0 aliphatic rings. The molecule has 0 bridgehead atoms. The van der Waals surface area contributed by atoms with Gasteiger partial charge >= 0.3 is 5.97 Å². The lowest BCUT2D eigenvalue weighted by atomic mass is 9.91. The summed E-state index contributed by atoms with van der Waals surface area (Å²) < 4.78 is 4.81. The summed E-state index contributed by atoms with van der Waals surface area (Å²) in [4.78, 5) is 27.8. The molecule has 1 amide bonds. The first kappa shape index (κ1) is 19.4. The van der Waals surface area contributed by atoms with Crippen LogP contribution in [0.3, 0.4) is 0 Å². The third-order valence-corrected chi connectivity index (χ3v) is 4.92. The minimum atomic E-state index is -0.447. The fourth-order valence-electron chi connectivity index (χ4n) is 3.47. The lowest BCUT2D eigenvalue weighted by molar-refractivity contribution is 0.0599. The molecular weight excluding hydrogens is 352 g/mol. The van der Waals surface area contributed by atoms with E-state index >= 15 is 0 Å². The molecule has 0 fully saturated rings. The standard InChI is InChI=1S/C23H24N2O3/c1-15-20(23(27)28-3)16(2)25-21(15)22(26)24-14-19(17-10-6-4-7-11-17)18-12-8-5-9-13-18/h4-13,19,25H,14H2,1-3H3,(H,24,26). The first-order valence-corrected chi connectivity index (χ1v) is 9.18. The fraction of sp³-hybridized carbons (Fsp3) is 0.217. The molecule has 2 N–H and O–H groups in total. The second-order valence-electron chi connectivity index (χ2n) is 6.70. The van der Waals surface area contributed by atoms with Crippen molar-refractivity contribution < 1.29 is 14.3 Å². The number of aryl methyl sites for hydroxylation is 1. The third-order valence-electron chi connectivity index (χ3n) is 4.92. The summed E-state index contributed by atoms with van der Waals surface area (Å²) >= 11 is 0. The summed E-state index contributed by atoms with van der Waals surface area (Å²) in [5.74, 6) is -0.660. The molecule has 28 heavy (non-hydrogen) atoms. The van der Waals surface area contributed by atoms with Crippen LogP contribution in [0.4, 0.5) is 0 Å². The van der Waals surface area contributed by atoms with Crippen molar-refractivity contribution in [2.45, 2.75) is 19.8 Å². The van der Waals surface area contributed by atoms with Gasteiger partial charge in [-0.3, -0.25) is 4.79 Å². The van der Waals surface area contributed by atoms with Crippen LogP contribution < -0.4 is 5.32 Å². The Balaban J connectivity index is 1.83. The largest absolute Gasteiger partial charge is 0.465 e. The lowest BCUT2D eigenvalue weighted by Crippen LogP contribution is -2.29. The van der Waals surface area contributed by atoms with Crippen LogP contribution in [0.25, 0.3) is 0 Å². The molecule has 0 spiro atoms. The van der Waals surface area contributed by atoms with Gasteiger partial charge in [0.15, 0.2) is 0 Å². The molecule has 1 heterocycles. The number of H-pyrrole nitrogens is 1. The van der Waals surface area contributed by atoms with E-state index in [0.717, 1.165) is 11.1 Å². The van der Waals surface area contributed by atoms with Gasteiger partial charge in [-0.1, -0.05) is 60.7 Å². The SMILES string of the molecule is COC(=O)c1c(C)[nH]c(C(=O)NCC(c2ccccc2)c2ccccc2)c1C. The number of hydrogen-bond donors (Lipinski definition) is 2. The topological polar surface area (TPSA) is 71.2 Å². The molecule has 5 heteroatoms. The Morgan fingerprint density at radius 2 is 1.50 bits per heavy atom. The van der Waals surface area contributed by atoms with E-state index in [1.807, 2.05) is 36.4 Å². The first-order valence-electron chi connectivity index (χ1n) is 9.18. The Labute approximate surface area is 164 Å². The second-order valence-corrected chi connectivity index (χ2v) is 6.70. The maximum atomic E-state index is 12.8. The number of esters is 1. The summed E-state index contributed by atoms with van der Waals surface area (Å²) in [6.45, 7) is 3.95. The highest BCUT2D eigenvalue weighted by Crippen LogP contribution is 2.24. The number of aromatic nitrogens is 1. The van der Waals surface area contributed by atoms with Crippen LogP contribution in [0.1, 0.15) is 49.1 Å². The van der Waals surface area contributed by atoms with Gasteiger partial charge in [0.2, 0.25) is 0 Å². The van der Waals surface area contributed by atoms with E-state index in [1.54, 1.807) is 13.8 Å². The van der Waals surface area contributed by atoms with Crippen LogP contribution in [0.5, 0.6) is 0 Å². The predicted octanol–water partition coefficient (Wildman–Crippen LogP) is 3.98. The maximum absolute atomic E-state index is 12.8. The van der Waals surface area contributed by atoms with E-state index in [0.29, 0.717) is 29.1 Å². The van der Waals surface area contributed by atoms with Crippen molar-refractivity contribution in [3.8, 4) is 0 Å². The van der Waals surface area contributed by atoms with E-state index in [2.05, 4.69) is 34.6 Å². The van der Waals surface area contributed by atoms with Crippen LogP contribution in [-0.4, -0.2) is 30.5 Å². The lowest BCUT2D eigenvalue weighted by Gasteiger charge is -2.19. The van der Waals surface area contributed by atoms with Crippen molar-refractivity contribution in [3.63, 3.8) is 0 Å². The molecule has 0 saturated heterocycles. The Hall–Kier alpha value is -3.34. The van der Waals surface area contributed by atoms with Crippen LogP contribution >= 0.6 is 0 Å². The monoisotopic (exact) mass is 376 g/mol. The minimum Gasteiger partial charge on any atom is -0.465 e. The summed E-state index contributed by atoms with van der Waals surface area (Å²) in [6.07, 6.45) is 0. The van der Waals surface area contributed by atoms with E-state index < -0.39 is 5.97 Å². The van der Waals surface area contributed by atoms with E-state index in [1.165, 1.54) is 7.11 Å². The maximum Gasteiger partial charge on any atom is 0.339 e. The smallest absolute Gasteiger partial charge is 0.339 e. The van der Waals surface area contributed by atoms with Gasteiger partial charge in [0.1, 0.15) is 5.69 Å². The fourth-order valence-corrected chi connectivity index (χ4v) is 3.47. The number of rotatable bonds is 6. The molecule has 3 rings (SSSR count). The van der Waals surface area contributed by atoms with Gasteiger partial charge in [-0.2, -0.15) is 0 Å². The molecular formula is C23H24N2O3. The van der Waals surface area contributed by atoms with E-state index in [9.17, 15) is 9.59 Å². The molecule has 0 radical (unpaired) electrons. The third kappa shape index (κ3) is 3.98. The average Bonchev–Trinajstić information content (AvgIpc) is 3.03. The van der Waals surface area contributed by atoms with Gasteiger partial charge in [0, 0.05) is 18.2 Å². The Morgan fingerprint density at radius 3 is 2.00 bits per heavy atom. The molecule has 0 atom stereocenters. The molecule has 0 saturated carbocycles. The minimum absolute atomic E-state index is 0.0304. The summed E-state index contributed by atoms with van der Waals surface area (Å²) in [5, 5.41) is 3.01. The van der Waals surface area contributed by atoms with Crippen LogP contribution in [-0.2, 0) is 4.74 Å². The molecule has 5 nitrogen and oxygen atoms in total. The molecule has 0 unspecified atom stereocenters. The Morgan fingerprint density at radius 1 is 0.964 bits per heavy atom. The first-order chi connectivity index (χ1) is 13.5. The van der Waals surface area contributed by atoms with Gasteiger partial charge in [0.25, 0.3) is 5.91 Å². The van der Waals surface area contributed by atoms with Crippen LogP contribution in [0.2, 0.25) is 0 Å². The number of aromatic amines is 1.